The van der Waals surface area contributed by atoms with Crippen LogP contribution in [-0.4, -0.2) is 61.6 Å². The van der Waals surface area contributed by atoms with E-state index in [0.29, 0.717) is 13.1 Å². The van der Waals surface area contributed by atoms with Crippen LogP contribution in [-0.2, 0) is 17.8 Å². The van der Waals surface area contributed by atoms with Crippen molar-refractivity contribution in [2.75, 3.05) is 50.6 Å². The smallest absolute Gasteiger partial charge is 0.241 e. The van der Waals surface area contributed by atoms with Gasteiger partial charge < -0.3 is 15.1 Å². The second-order valence-corrected chi connectivity index (χ2v) is 8.05. The molecule has 1 aromatic heterocycles. The van der Waals surface area contributed by atoms with E-state index in [2.05, 4.69) is 22.3 Å². The van der Waals surface area contributed by atoms with Crippen LogP contribution < -0.4 is 15.1 Å². The first kappa shape index (κ1) is 19.8. The van der Waals surface area contributed by atoms with Gasteiger partial charge >= 0.3 is 0 Å². The van der Waals surface area contributed by atoms with Gasteiger partial charge in [-0.1, -0.05) is 18.2 Å². The zero-order chi connectivity index (χ0) is 20.4. The van der Waals surface area contributed by atoms with Crippen LogP contribution in [0.2, 0.25) is 0 Å². The van der Waals surface area contributed by atoms with Gasteiger partial charge in [0.05, 0.1) is 18.3 Å². The lowest BCUT2D eigenvalue weighted by atomic mass is 10.2. The molecule has 1 atom stereocenters. The van der Waals surface area contributed by atoms with Crippen molar-refractivity contribution in [3.05, 3.63) is 47.4 Å². The highest BCUT2D eigenvalue weighted by Crippen LogP contribution is 2.32. The molecule has 1 aromatic carbocycles. The average Bonchev–Trinajstić information content (AvgIpc) is 3.34. The van der Waals surface area contributed by atoms with E-state index < -0.39 is 0 Å². The van der Waals surface area contributed by atoms with E-state index in [0.717, 1.165) is 55.4 Å². The molecular formula is C22H30N6O. The van der Waals surface area contributed by atoms with Gasteiger partial charge in [-0.2, -0.15) is 0 Å². The molecule has 1 fully saturated rings. The summed E-state index contributed by atoms with van der Waals surface area (Å²) in [5, 5.41) is 3.17. The van der Waals surface area contributed by atoms with Crippen molar-refractivity contribution >= 4 is 17.4 Å². The zero-order valence-corrected chi connectivity index (χ0v) is 17.6. The minimum atomic E-state index is 0.0901. The van der Waals surface area contributed by atoms with Crippen molar-refractivity contribution in [2.24, 2.45) is 0 Å². The van der Waals surface area contributed by atoms with Crippen molar-refractivity contribution in [1.82, 2.24) is 20.2 Å². The molecule has 7 heteroatoms. The fourth-order valence-electron chi connectivity index (χ4n) is 4.32. The summed E-state index contributed by atoms with van der Waals surface area (Å²) in [6.07, 6.45) is 2.98. The Hall–Kier alpha value is -2.51. The van der Waals surface area contributed by atoms with Crippen LogP contribution in [0.4, 0.5) is 11.5 Å². The lowest BCUT2D eigenvalue weighted by Gasteiger charge is -2.26. The fourth-order valence-corrected chi connectivity index (χ4v) is 4.32. The molecule has 0 saturated carbocycles. The Morgan fingerprint density at radius 3 is 2.86 bits per heavy atom. The number of nitrogens with one attached hydrogen (secondary N) is 1. The number of hydrogen-bond donors (Lipinski definition) is 1. The van der Waals surface area contributed by atoms with E-state index in [1.54, 1.807) is 0 Å². The summed E-state index contributed by atoms with van der Waals surface area (Å²) in [6, 6.07) is 10.3. The molecule has 3 heterocycles. The fraction of sp³-hybridized carbons (Fsp3) is 0.500. The van der Waals surface area contributed by atoms with E-state index in [1.165, 1.54) is 5.56 Å². The average molecular weight is 395 g/mol. The molecule has 2 aliphatic rings. The third-order valence-electron chi connectivity index (χ3n) is 5.79. The van der Waals surface area contributed by atoms with Gasteiger partial charge in [-0.3, -0.25) is 9.69 Å². The van der Waals surface area contributed by atoms with Crippen molar-refractivity contribution in [1.29, 1.82) is 0 Å². The molecule has 1 amide bonds. The summed E-state index contributed by atoms with van der Waals surface area (Å²) in [4.78, 5) is 28.9. The monoisotopic (exact) mass is 394 g/mol. The summed E-state index contributed by atoms with van der Waals surface area (Å²) in [5.41, 5.74) is 3.31. The summed E-state index contributed by atoms with van der Waals surface area (Å²) in [5.74, 6) is 1.90. The zero-order valence-electron chi connectivity index (χ0n) is 17.6. The number of carbonyl (C=O) groups excluding carboxylic acids is 1. The standard InChI is InChI=1S/C22H30N6O/c1-23-14-17-13-20(26(2)3)25-22(24-17)19-9-6-11-27(19)15-21(29)28-12-10-16-7-4-5-8-18(16)28/h4-5,7-8,13,19,23H,6,9-12,14-15H2,1-3H3. The Morgan fingerprint density at radius 2 is 2.07 bits per heavy atom. The van der Waals surface area contributed by atoms with Crippen LogP contribution in [0.5, 0.6) is 0 Å². The highest BCUT2D eigenvalue weighted by Gasteiger charge is 2.33. The Labute approximate surface area is 172 Å². The third kappa shape index (κ3) is 4.11. The van der Waals surface area contributed by atoms with E-state index in [-0.39, 0.29) is 11.9 Å². The van der Waals surface area contributed by atoms with Crippen molar-refractivity contribution < 1.29 is 4.79 Å². The van der Waals surface area contributed by atoms with Crippen LogP contribution in [0.1, 0.15) is 36.0 Å². The lowest BCUT2D eigenvalue weighted by Crippen LogP contribution is -2.39. The highest BCUT2D eigenvalue weighted by molar-refractivity contribution is 5.96. The maximum Gasteiger partial charge on any atom is 0.241 e. The number of hydrogen-bond acceptors (Lipinski definition) is 6. The molecule has 29 heavy (non-hydrogen) atoms. The molecule has 0 radical (unpaired) electrons. The maximum atomic E-state index is 13.1. The number of benzene rings is 1. The van der Waals surface area contributed by atoms with Gasteiger partial charge in [0.15, 0.2) is 0 Å². The van der Waals surface area contributed by atoms with Crippen LogP contribution in [0.25, 0.3) is 0 Å². The highest BCUT2D eigenvalue weighted by atomic mass is 16.2. The Morgan fingerprint density at radius 1 is 1.24 bits per heavy atom. The van der Waals surface area contributed by atoms with Crippen LogP contribution in [0.15, 0.2) is 30.3 Å². The van der Waals surface area contributed by atoms with Crippen molar-refractivity contribution in [2.45, 2.75) is 31.8 Å². The van der Waals surface area contributed by atoms with E-state index in [1.807, 2.05) is 49.1 Å². The maximum absolute atomic E-state index is 13.1. The molecule has 2 aliphatic heterocycles. The van der Waals surface area contributed by atoms with Gasteiger partial charge in [0, 0.05) is 38.9 Å². The molecule has 4 rings (SSSR count). The quantitative estimate of drug-likeness (QED) is 0.808. The van der Waals surface area contributed by atoms with E-state index >= 15 is 0 Å². The summed E-state index contributed by atoms with van der Waals surface area (Å²) >= 11 is 0. The minimum Gasteiger partial charge on any atom is -0.363 e. The first-order valence-electron chi connectivity index (χ1n) is 10.4. The number of aromatic nitrogens is 2. The molecule has 0 aliphatic carbocycles. The molecule has 7 nitrogen and oxygen atoms in total. The predicted molar refractivity (Wildman–Crippen MR) is 115 cm³/mol. The number of fused-ring (bicyclic) bond motifs is 1. The van der Waals surface area contributed by atoms with Crippen molar-refractivity contribution in [3.63, 3.8) is 0 Å². The Kier molecular flexibility index (Phi) is 5.78. The lowest BCUT2D eigenvalue weighted by molar-refractivity contribution is -0.119. The van der Waals surface area contributed by atoms with Crippen LogP contribution in [0, 0.1) is 0 Å². The molecule has 1 unspecified atom stereocenters. The summed E-state index contributed by atoms with van der Waals surface area (Å²) < 4.78 is 0. The third-order valence-corrected chi connectivity index (χ3v) is 5.79. The first-order valence-corrected chi connectivity index (χ1v) is 10.4. The van der Waals surface area contributed by atoms with Gasteiger partial charge in [-0.15, -0.1) is 0 Å². The molecule has 2 aromatic rings. The largest absolute Gasteiger partial charge is 0.363 e. The van der Waals surface area contributed by atoms with Crippen LogP contribution >= 0.6 is 0 Å². The molecule has 0 bridgehead atoms. The molecular weight excluding hydrogens is 364 g/mol. The number of carbonyl (C=O) groups is 1. The topological polar surface area (TPSA) is 64.6 Å². The molecule has 1 saturated heterocycles. The van der Waals surface area contributed by atoms with E-state index in [9.17, 15) is 4.79 Å². The number of rotatable bonds is 6. The molecule has 154 valence electrons. The Bertz CT molecular complexity index is 883. The number of likely N-dealkylation sites (tertiary alicyclic amines) is 1. The van der Waals surface area contributed by atoms with Crippen molar-refractivity contribution in [3.8, 4) is 0 Å². The van der Waals surface area contributed by atoms with Crippen LogP contribution in [0.3, 0.4) is 0 Å². The summed E-state index contributed by atoms with van der Waals surface area (Å²) in [7, 11) is 5.91. The molecule has 0 spiro atoms. The SMILES string of the molecule is CNCc1cc(N(C)C)nc(C2CCCN2CC(=O)N2CCc3ccccc32)n1. The van der Waals surface area contributed by atoms with Gasteiger partial charge in [0.2, 0.25) is 5.91 Å². The van der Waals surface area contributed by atoms with Gasteiger partial charge in [0.25, 0.3) is 0 Å². The number of nitrogens with zero attached hydrogens (tertiary/aromatic N) is 5. The second kappa shape index (κ2) is 8.47. The predicted octanol–water partition coefficient (Wildman–Crippen LogP) is 1.99. The number of amides is 1. The number of anilines is 2. The second-order valence-electron chi connectivity index (χ2n) is 8.05. The van der Waals surface area contributed by atoms with Gasteiger partial charge in [-0.05, 0) is 44.5 Å². The normalized spacial score (nSPS) is 18.9. The summed E-state index contributed by atoms with van der Waals surface area (Å²) in [6.45, 7) is 2.79. The van der Waals surface area contributed by atoms with Gasteiger partial charge in [0.1, 0.15) is 11.6 Å². The Balaban J connectivity index is 1.53. The van der Waals surface area contributed by atoms with Gasteiger partial charge in [-0.25, -0.2) is 9.97 Å². The minimum absolute atomic E-state index is 0.0901. The molecule has 1 N–H and O–H groups in total. The number of para-hydroxylation sites is 1. The first-order chi connectivity index (χ1) is 14.1. The van der Waals surface area contributed by atoms with E-state index in [4.69, 9.17) is 9.97 Å².